The Bertz CT molecular complexity index is 486. The maximum atomic E-state index is 11.8. The first-order valence-corrected chi connectivity index (χ1v) is 6.62. The largest absolute Gasteiger partial charge is 0.462 e. The highest BCUT2D eigenvalue weighted by Crippen LogP contribution is 2.24. The Morgan fingerprint density at radius 1 is 1.38 bits per heavy atom. The molecule has 0 aromatic rings. The van der Waals surface area contributed by atoms with Gasteiger partial charge in [-0.3, -0.25) is 9.59 Å². The van der Waals surface area contributed by atoms with Crippen molar-refractivity contribution >= 4 is 18.4 Å². The van der Waals surface area contributed by atoms with Gasteiger partial charge in [0.2, 0.25) is 0 Å². The van der Waals surface area contributed by atoms with Crippen molar-refractivity contribution in [2.75, 3.05) is 13.2 Å². The topological polar surface area (TPSA) is 89.9 Å². The summed E-state index contributed by atoms with van der Waals surface area (Å²) in [6, 6.07) is 0. The summed E-state index contributed by atoms with van der Waals surface area (Å²) in [5.74, 6) is -1.89. The van der Waals surface area contributed by atoms with Crippen molar-refractivity contribution < 1.29 is 29.0 Å². The fraction of sp³-hybridized carbons (Fsp3) is 0.400. The summed E-state index contributed by atoms with van der Waals surface area (Å²) in [7, 11) is 0. The van der Waals surface area contributed by atoms with Gasteiger partial charge in [-0.05, 0) is 31.4 Å². The molecule has 0 radical (unpaired) electrons. The molecular formula is C15H18O6. The number of carbonyl (C=O) groups excluding carboxylic acids is 3. The monoisotopic (exact) mass is 294 g/mol. The quantitative estimate of drug-likeness (QED) is 0.327. The summed E-state index contributed by atoms with van der Waals surface area (Å²) in [6.07, 6.45) is 7.32. The van der Waals surface area contributed by atoms with E-state index in [2.05, 4.69) is 4.74 Å². The second-order valence-electron chi connectivity index (χ2n) is 4.32. The molecule has 0 aliphatic heterocycles. The van der Waals surface area contributed by atoms with E-state index in [0.29, 0.717) is 24.0 Å². The first kappa shape index (κ1) is 16.8. The van der Waals surface area contributed by atoms with Crippen molar-refractivity contribution in [3.8, 4) is 0 Å². The maximum absolute atomic E-state index is 11.8. The smallest absolute Gasteiger partial charge is 0.338 e. The number of allylic oxidation sites excluding steroid dienone is 2. The number of unbranched alkanes of at least 4 members (excludes halogenated alkanes) is 1. The summed E-state index contributed by atoms with van der Waals surface area (Å²) in [6.45, 7) is 2.09. The van der Waals surface area contributed by atoms with Gasteiger partial charge in [0.1, 0.15) is 5.92 Å². The molecule has 0 spiro atoms. The highest BCUT2D eigenvalue weighted by Gasteiger charge is 2.25. The van der Waals surface area contributed by atoms with Gasteiger partial charge in [0.05, 0.1) is 12.2 Å². The van der Waals surface area contributed by atoms with Crippen LogP contribution in [0.1, 0.15) is 19.8 Å². The first-order chi connectivity index (χ1) is 10.1. The summed E-state index contributed by atoms with van der Waals surface area (Å²) in [4.78, 5) is 33.6. The fourth-order valence-electron chi connectivity index (χ4n) is 1.82. The Labute approximate surface area is 122 Å². The number of carbonyl (C=O) groups is 3. The van der Waals surface area contributed by atoms with Crippen LogP contribution in [-0.2, 0) is 23.9 Å². The van der Waals surface area contributed by atoms with Gasteiger partial charge in [-0.2, -0.15) is 0 Å². The molecule has 1 atom stereocenters. The Morgan fingerprint density at radius 2 is 2.14 bits per heavy atom. The van der Waals surface area contributed by atoms with Crippen molar-refractivity contribution in [3.05, 3.63) is 35.5 Å². The predicted molar refractivity (Wildman–Crippen MR) is 73.9 cm³/mol. The molecule has 0 amide bonds. The number of hydrogen-bond donors (Lipinski definition) is 1. The molecule has 114 valence electrons. The van der Waals surface area contributed by atoms with Crippen LogP contribution in [0.5, 0.6) is 0 Å². The average Bonchev–Trinajstić information content (AvgIpc) is 2.50. The van der Waals surface area contributed by atoms with Gasteiger partial charge in [0.25, 0.3) is 0 Å². The van der Waals surface area contributed by atoms with Crippen molar-refractivity contribution in [2.24, 2.45) is 5.92 Å². The van der Waals surface area contributed by atoms with Crippen LogP contribution in [0.4, 0.5) is 0 Å². The molecule has 0 saturated heterocycles. The van der Waals surface area contributed by atoms with Crippen LogP contribution in [-0.4, -0.2) is 36.7 Å². The van der Waals surface area contributed by atoms with Gasteiger partial charge >= 0.3 is 18.4 Å². The Hall–Kier alpha value is -2.21. The Kier molecular flexibility index (Phi) is 7.11. The Balaban J connectivity index is 2.67. The zero-order valence-electron chi connectivity index (χ0n) is 11.8. The highest BCUT2D eigenvalue weighted by atomic mass is 16.6. The van der Waals surface area contributed by atoms with E-state index in [1.54, 1.807) is 13.0 Å². The molecule has 21 heavy (non-hydrogen) atoms. The van der Waals surface area contributed by atoms with E-state index in [9.17, 15) is 14.4 Å². The normalized spacial score (nSPS) is 19.0. The van der Waals surface area contributed by atoms with Crippen LogP contribution in [0.25, 0.3) is 0 Å². The lowest BCUT2D eigenvalue weighted by Gasteiger charge is -2.16. The fourth-order valence-corrected chi connectivity index (χ4v) is 1.82. The van der Waals surface area contributed by atoms with Crippen LogP contribution in [0, 0.1) is 5.92 Å². The van der Waals surface area contributed by atoms with Gasteiger partial charge in [0.15, 0.2) is 0 Å². The number of rotatable bonds is 7. The third kappa shape index (κ3) is 5.00. The molecule has 1 N–H and O–H groups in total. The lowest BCUT2D eigenvalue weighted by molar-refractivity contribution is -0.152. The molecule has 1 unspecified atom stereocenters. The molecule has 6 heteroatoms. The molecule has 6 nitrogen and oxygen atoms in total. The molecule has 0 fully saturated rings. The van der Waals surface area contributed by atoms with Crippen LogP contribution in [0.15, 0.2) is 35.5 Å². The average molecular weight is 294 g/mol. The van der Waals surface area contributed by atoms with Crippen molar-refractivity contribution in [1.29, 1.82) is 0 Å². The molecule has 0 aromatic heterocycles. The van der Waals surface area contributed by atoms with Crippen LogP contribution < -0.4 is 0 Å². The SMILES string of the molecule is CC=C1C=C(C(=O)OCCCCO)C=CC1C(=O)OC=O. The molecule has 0 aromatic carbocycles. The van der Waals surface area contributed by atoms with E-state index in [-0.39, 0.29) is 19.7 Å². The van der Waals surface area contributed by atoms with Gasteiger partial charge in [-0.15, -0.1) is 0 Å². The number of ether oxygens (including phenoxy) is 2. The minimum Gasteiger partial charge on any atom is -0.462 e. The zero-order valence-corrected chi connectivity index (χ0v) is 11.8. The van der Waals surface area contributed by atoms with E-state index < -0.39 is 17.9 Å². The first-order valence-electron chi connectivity index (χ1n) is 6.62. The molecule has 1 rings (SSSR count). The van der Waals surface area contributed by atoms with E-state index in [4.69, 9.17) is 9.84 Å². The van der Waals surface area contributed by atoms with Crippen molar-refractivity contribution in [2.45, 2.75) is 19.8 Å². The van der Waals surface area contributed by atoms with E-state index in [1.807, 2.05) is 0 Å². The van der Waals surface area contributed by atoms with Crippen LogP contribution in [0.3, 0.4) is 0 Å². The molecule has 0 heterocycles. The molecule has 0 saturated carbocycles. The van der Waals surface area contributed by atoms with E-state index in [1.165, 1.54) is 18.2 Å². The van der Waals surface area contributed by atoms with Crippen molar-refractivity contribution in [1.82, 2.24) is 0 Å². The minimum absolute atomic E-state index is 0.0589. The van der Waals surface area contributed by atoms with Gasteiger partial charge in [-0.25, -0.2) is 4.79 Å². The lowest BCUT2D eigenvalue weighted by Crippen LogP contribution is -2.20. The van der Waals surface area contributed by atoms with E-state index >= 15 is 0 Å². The summed E-state index contributed by atoms with van der Waals surface area (Å²) < 4.78 is 9.37. The number of aliphatic hydroxyl groups is 1. The number of aliphatic hydroxyl groups excluding tert-OH is 1. The molecule has 1 aliphatic rings. The second kappa shape index (κ2) is 8.86. The third-order valence-corrected chi connectivity index (χ3v) is 2.92. The van der Waals surface area contributed by atoms with Gasteiger partial charge in [-0.1, -0.05) is 18.2 Å². The van der Waals surface area contributed by atoms with Crippen LogP contribution in [0.2, 0.25) is 0 Å². The Morgan fingerprint density at radius 3 is 2.76 bits per heavy atom. The molecule has 1 aliphatic carbocycles. The standard InChI is InChI=1S/C15H18O6/c1-2-11-9-12(14(18)20-8-4-3-7-16)5-6-13(11)15(19)21-10-17/h2,5-6,9-10,13,16H,3-4,7-8H2,1H3. The summed E-state index contributed by atoms with van der Waals surface area (Å²) >= 11 is 0. The summed E-state index contributed by atoms with van der Waals surface area (Å²) in [5, 5.41) is 8.63. The zero-order chi connectivity index (χ0) is 15.7. The molecular weight excluding hydrogens is 276 g/mol. The van der Waals surface area contributed by atoms with Gasteiger partial charge < -0.3 is 14.6 Å². The van der Waals surface area contributed by atoms with Crippen molar-refractivity contribution in [3.63, 3.8) is 0 Å². The highest BCUT2D eigenvalue weighted by molar-refractivity contribution is 5.94. The minimum atomic E-state index is -0.703. The van der Waals surface area contributed by atoms with Crippen LogP contribution >= 0.6 is 0 Å². The maximum Gasteiger partial charge on any atom is 0.338 e. The summed E-state index contributed by atoms with van der Waals surface area (Å²) in [5.41, 5.74) is 0.883. The number of esters is 2. The van der Waals surface area contributed by atoms with Gasteiger partial charge in [0, 0.05) is 6.61 Å². The third-order valence-electron chi connectivity index (χ3n) is 2.92. The number of hydrogen-bond acceptors (Lipinski definition) is 6. The van der Waals surface area contributed by atoms with E-state index in [0.717, 1.165) is 0 Å². The lowest BCUT2D eigenvalue weighted by atomic mass is 9.91. The second-order valence-corrected chi connectivity index (χ2v) is 4.32. The predicted octanol–water partition coefficient (Wildman–Crippen LogP) is 1.06. The molecule has 0 bridgehead atoms.